The van der Waals surface area contributed by atoms with Gasteiger partial charge < -0.3 is 9.64 Å². The Balaban J connectivity index is 1.66. The van der Waals surface area contributed by atoms with Crippen LogP contribution in [0.25, 0.3) is 0 Å². The number of rotatable bonds is 8. The van der Waals surface area contributed by atoms with Gasteiger partial charge in [0.05, 0.1) is 12.2 Å². The van der Waals surface area contributed by atoms with Crippen LogP contribution in [-0.2, 0) is 13.2 Å². The molecule has 3 rings (SSSR count). The Labute approximate surface area is 170 Å². The van der Waals surface area contributed by atoms with Crippen LogP contribution in [0.4, 0.5) is 0 Å². The van der Waals surface area contributed by atoms with Crippen molar-refractivity contribution in [2.45, 2.75) is 27.0 Å². The molecule has 1 aromatic heterocycles. The minimum Gasteiger partial charge on any atom is -0.486 e. The van der Waals surface area contributed by atoms with Crippen molar-refractivity contribution in [2.24, 2.45) is 0 Å². The average molecular weight is 393 g/mol. The van der Waals surface area contributed by atoms with E-state index in [-0.39, 0.29) is 5.91 Å². The maximum atomic E-state index is 12.9. The summed E-state index contributed by atoms with van der Waals surface area (Å²) < 4.78 is 5.82. The van der Waals surface area contributed by atoms with Gasteiger partial charge in [0, 0.05) is 17.5 Å². The van der Waals surface area contributed by atoms with E-state index in [1.807, 2.05) is 67.8 Å². The van der Waals surface area contributed by atoms with Crippen LogP contribution in [0.15, 0.2) is 66.6 Å². The summed E-state index contributed by atoms with van der Waals surface area (Å²) in [6.07, 6.45) is 1.74. The number of thiazole rings is 1. The van der Waals surface area contributed by atoms with E-state index in [0.717, 1.165) is 27.6 Å². The molecule has 3 aromatic rings. The monoisotopic (exact) mass is 392 g/mol. The first-order valence-electron chi connectivity index (χ1n) is 9.15. The first-order chi connectivity index (χ1) is 13.6. The lowest BCUT2D eigenvalue weighted by Gasteiger charge is -2.21. The van der Waals surface area contributed by atoms with E-state index in [2.05, 4.69) is 11.6 Å². The Morgan fingerprint density at radius 1 is 1.21 bits per heavy atom. The van der Waals surface area contributed by atoms with Gasteiger partial charge in [-0.05, 0) is 43.2 Å². The molecule has 2 aromatic carbocycles. The topological polar surface area (TPSA) is 42.4 Å². The lowest BCUT2D eigenvalue weighted by Crippen LogP contribution is -2.31. The lowest BCUT2D eigenvalue weighted by molar-refractivity contribution is 0.0760. The van der Waals surface area contributed by atoms with Gasteiger partial charge in [-0.3, -0.25) is 4.79 Å². The van der Waals surface area contributed by atoms with Gasteiger partial charge in [0.2, 0.25) is 0 Å². The molecule has 0 fully saturated rings. The summed E-state index contributed by atoms with van der Waals surface area (Å²) in [5.74, 6) is 0.823. The van der Waals surface area contributed by atoms with Gasteiger partial charge in [-0.2, -0.15) is 0 Å². The van der Waals surface area contributed by atoms with Gasteiger partial charge in [-0.15, -0.1) is 17.9 Å². The van der Waals surface area contributed by atoms with Crippen LogP contribution >= 0.6 is 11.3 Å². The quantitative estimate of drug-likeness (QED) is 0.497. The van der Waals surface area contributed by atoms with Gasteiger partial charge in [0.1, 0.15) is 17.4 Å². The van der Waals surface area contributed by atoms with Gasteiger partial charge >= 0.3 is 0 Å². The Morgan fingerprint density at radius 2 is 2.04 bits per heavy atom. The number of aromatic nitrogens is 1. The highest BCUT2D eigenvalue weighted by Crippen LogP contribution is 2.19. The number of nitrogens with zero attached hydrogens (tertiary/aromatic N) is 2. The van der Waals surface area contributed by atoms with Crippen LogP contribution < -0.4 is 4.74 Å². The van der Waals surface area contributed by atoms with Crippen molar-refractivity contribution in [3.05, 3.63) is 94.0 Å². The molecule has 144 valence electrons. The summed E-state index contributed by atoms with van der Waals surface area (Å²) in [4.78, 5) is 19.3. The fraction of sp³-hybridized carbons (Fsp3) is 0.217. The fourth-order valence-corrected chi connectivity index (χ4v) is 3.59. The van der Waals surface area contributed by atoms with Gasteiger partial charge in [0.15, 0.2) is 0 Å². The number of amides is 1. The van der Waals surface area contributed by atoms with E-state index in [1.165, 1.54) is 0 Å². The number of carbonyl (C=O) groups is 1. The molecular weight excluding hydrogens is 368 g/mol. The molecule has 0 spiro atoms. The van der Waals surface area contributed by atoms with Gasteiger partial charge in [-0.25, -0.2) is 4.98 Å². The number of ether oxygens (including phenoxy) is 1. The van der Waals surface area contributed by atoms with E-state index in [0.29, 0.717) is 25.3 Å². The molecular formula is C23H24N2O2S. The summed E-state index contributed by atoms with van der Waals surface area (Å²) in [5.41, 5.74) is 3.69. The van der Waals surface area contributed by atoms with Crippen LogP contribution in [-0.4, -0.2) is 22.3 Å². The van der Waals surface area contributed by atoms with Crippen molar-refractivity contribution in [1.29, 1.82) is 0 Å². The highest BCUT2D eigenvalue weighted by atomic mass is 32.1. The fourth-order valence-electron chi connectivity index (χ4n) is 2.89. The van der Waals surface area contributed by atoms with Crippen molar-refractivity contribution >= 4 is 17.2 Å². The zero-order chi connectivity index (χ0) is 19.9. The summed E-state index contributed by atoms with van der Waals surface area (Å²) in [5, 5.41) is 2.87. The number of hydrogen-bond acceptors (Lipinski definition) is 4. The molecule has 0 aliphatic heterocycles. The standard InChI is InChI=1S/C23H24N2O2S/c1-4-12-25(23(26)21-11-6-5-9-18(21)3)14-19-16-28-22(24-19)15-27-20-10-7-8-17(2)13-20/h4-11,13,16H,1,12,14-15H2,2-3H3. The molecule has 0 unspecified atom stereocenters. The molecule has 4 nitrogen and oxygen atoms in total. The Bertz CT molecular complexity index is 964. The number of hydrogen-bond donors (Lipinski definition) is 0. The average Bonchev–Trinajstić information content (AvgIpc) is 3.13. The third-order valence-electron chi connectivity index (χ3n) is 4.32. The predicted molar refractivity (Wildman–Crippen MR) is 114 cm³/mol. The maximum Gasteiger partial charge on any atom is 0.254 e. The van der Waals surface area contributed by atoms with Crippen molar-refractivity contribution in [2.75, 3.05) is 6.54 Å². The lowest BCUT2D eigenvalue weighted by atomic mass is 10.1. The summed E-state index contributed by atoms with van der Waals surface area (Å²) in [6, 6.07) is 15.6. The van der Waals surface area contributed by atoms with E-state index in [9.17, 15) is 4.79 Å². The van der Waals surface area contributed by atoms with E-state index in [4.69, 9.17) is 4.74 Å². The summed E-state index contributed by atoms with van der Waals surface area (Å²) in [7, 11) is 0. The van der Waals surface area contributed by atoms with E-state index >= 15 is 0 Å². The van der Waals surface area contributed by atoms with E-state index in [1.54, 1.807) is 22.3 Å². The smallest absolute Gasteiger partial charge is 0.254 e. The second-order valence-electron chi connectivity index (χ2n) is 6.63. The van der Waals surface area contributed by atoms with Crippen LogP contribution in [0.1, 0.15) is 32.2 Å². The van der Waals surface area contributed by atoms with Crippen molar-refractivity contribution in [1.82, 2.24) is 9.88 Å². The highest BCUT2D eigenvalue weighted by molar-refractivity contribution is 7.09. The van der Waals surface area contributed by atoms with Crippen LogP contribution in [0.3, 0.4) is 0 Å². The number of aryl methyl sites for hydroxylation is 2. The highest BCUT2D eigenvalue weighted by Gasteiger charge is 2.18. The largest absolute Gasteiger partial charge is 0.486 e. The molecule has 0 N–H and O–H groups in total. The second kappa shape index (κ2) is 9.33. The van der Waals surface area contributed by atoms with E-state index < -0.39 is 0 Å². The molecule has 0 aliphatic rings. The van der Waals surface area contributed by atoms with Crippen molar-refractivity contribution in [3.63, 3.8) is 0 Å². The molecule has 0 saturated carbocycles. The zero-order valence-corrected chi connectivity index (χ0v) is 17.0. The first-order valence-corrected chi connectivity index (χ1v) is 10.0. The Hall–Kier alpha value is -2.92. The second-order valence-corrected chi connectivity index (χ2v) is 7.57. The minimum absolute atomic E-state index is 0.0106. The normalized spacial score (nSPS) is 10.5. The SMILES string of the molecule is C=CCN(Cc1csc(COc2cccc(C)c2)n1)C(=O)c1ccccc1C. The molecule has 1 amide bonds. The Kier molecular flexibility index (Phi) is 6.61. The third-order valence-corrected chi connectivity index (χ3v) is 5.19. The molecule has 5 heteroatoms. The van der Waals surface area contributed by atoms with Crippen LogP contribution in [0.2, 0.25) is 0 Å². The number of benzene rings is 2. The number of carbonyl (C=O) groups excluding carboxylic acids is 1. The van der Waals surface area contributed by atoms with Crippen LogP contribution in [0.5, 0.6) is 5.75 Å². The van der Waals surface area contributed by atoms with Crippen LogP contribution in [0, 0.1) is 13.8 Å². The molecule has 0 radical (unpaired) electrons. The Morgan fingerprint density at radius 3 is 2.79 bits per heavy atom. The molecule has 0 aliphatic carbocycles. The maximum absolute atomic E-state index is 12.9. The van der Waals surface area contributed by atoms with Crippen molar-refractivity contribution in [3.8, 4) is 5.75 Å². The molecule has 0 atom stereocenters. The predicted octanol–water partition coefficient (Wildman–Crippen LogP) is 5.17. The minimum atomic E-state index is -0.0106. The molecule has 0 saturated heterocycles. The third kappa shape index (κ3) is 5.08. The molecule has 28 heavy (non-hydrogen) atoms. The molecule has 0 bridgehead atoms. The summed E-state index contributed by atoms with van der Waals surface area (Å²) in [6.45, 7) is 9.10. The first kappa shape index (κ1) is 19.8. The molecule has 1 heterocycles. The van der Waals surface area contributed by atoms with Gasteiger partial charge in [0.25, 0.3) is 5.91 Å². The van der Waals surface area contributed by atoms with Crippen molar-refractivity contribution < 1.29 is 9.53 Å². The zero-order valence-electron chi connectivity index (χ0n) is 16.2. The summed E-state index contributed by atoms with van der Waals surface area (Å²) >= 11 is 1.54. The van der Waals surface area contributed by atoms with Gasteiger partial charge in [-0.1, -0.05) is 36.4 Å².